The lowest BCUT2D eigenvalue weighted by molar-refractivity contribution is 0.242. The Morgan fingerprint density at radius 2 is 2.00 bits per heavy atom. The van der Waals surface area contributed by atoms with Crippen molar-refractivity contribution in [2.24, 2.45) is 5.92 Å². The molecule has 0 saturated heterocycles. The van der Waals surface area contributed by atoms with Gasteiger partial charge in [0.05, 0.1) is 6.61 Å². The molecule has 1 heterocycles. The number of pyridine rings is 1. The second-order valence-electron chi connectivity index (χ2n) is 5.70. The third kappa shape index (κ3) is 6.58. The van der Waals surface area contributed by atoms with E-state index in [1.807, 2.05) is 13.0 Å². The van der Waals surface area contributed by atoms with Crippen molar-refractivity contribution >= 4 is 0 Å². The molecule has 0 bridgehead atoms. The van der Waals surface area contributed by atoms with Crippen LogP contribution in [0.2, 0.25) is 0 Å². The first-order valence-corrected chi connectivity index (χ1v) is 7.35. The van der Waals surface area contributed by atoms with Gasteiger partial charge in [0.25, 0.3) is 0 Å². The van der Waals surface area contributed by atoms with Crippen LogP contribution in [0, 0.1) is 12.8 Å². The molecule has 3 heteroatoms. The van der Waals surface area contributed by atoms with E-state index in [9.17, 15) is 0 Å². The SMILES string of the molecule is CCCC(C)COc1cc(CNC(C)C)cc(C)n1. The van der Waals surface area contributed by atoms with Crippen molar-refractivity contribution in [3.05, 3.63) is 23.4 Å². The van der Waals surface area contributed by atoms with Gasteiger partial charge < -0.3 is 10.1 Å². The molecule has 1 unspecified atom stereocenters. The first-order valence-electron chi connectivity index (χ1n) is 7.35. The Hall–Kier alpha value is -1.09. The Labute approximate surface area is 117 Å². The number of ether oxygens (including phenoxy) is 1. The first-order chi connectivity index (χ1) is 9.01. The maximum Gasteiger partial charge on any atom is 0.213 e. The number of hydrogen-bond donors (Lipinski definition) is 1. The number of hydrogen-bond acceptors (Lipinski definition) is 3. The molecule has 0 aliphatic carbocycles. The molecule has 0 amide bonds. The fourth-order valence-electron chi connectivity index (χ4n) is 2.01. The van der Waals surface area contributed by atoms with Crippen LogP contribution in [0.3, 0.4) is 0 Å². The number of aromatic nitrogens is 1. The minimum Gasteiger partial charge on any atom is -0.477 e. The number of nitrogens with zero attached hydrogens (tertiary/aromatic N) is 1. The van der Waals surface area contributed by atoms with Gasteiger partial charge in [0, 0.05) is 24.3 Å². The normalized spacial score (nSPS) is 12.7. The molecule has 0 radical (unpaired) electrons. The van der Waals surface area contributed by atoms with Crippen molar-refractivity contribution in [2.75, 3.05) is 6.61 Å². The molecule has 0 aromatic carbocycles. The van der Waals surface area contributed by atoms with Crippen molar-refractivity contribution < 1.29 is 4.74 Å². The van der Waals surface area contributed by atoms with E-state index in [1.54, 1.807) is 0 Å². The Morgan fingerprint density at radius 1 is 1.26 bits per heavy atom. The summed E-state index contributed by atoms with van der Waals surface area (Å²) < 4.78 is 5.81. The number of rotatable bonds is 8. The summed E-state index contributed by atoms with van der Waals surface area (Å²) in [7, 11) is 0. The first kappa shape index (κ1) is 16.0. The minimum atomic E-state index is 0.488. The summed E-state index contributed by atoms with van der Waals surface area (Å²) in [5, 5.41) is 3.42. The van der Waals surface area contributed by atoms with Crippen LogP contribution in [-0.2, 0) is 6.54 Å². The summed E-state index contributed by atoms with van der Waals surface area (Å²) in [4.78, 5) is 4.44. The van der Waals surface area contributed by atoms with Crippen LogP contribution < -0.4 is 10.1 Å². The van der Waals surface area contributed by atoms with E-state index in [-0.39, 0.29) is 0 Å². The largest absolute Gasteiger partial charge is 0.477 e. The highest BCUT2D eigenvalue weighted by Gasteiger charge is 2.05. The Morgan fingerprint density at radius 3 is 2.63 bits per heavy atom. The summed E-state index contributed by atoms with van der Waals surface area (Å²) >= 11 is 0. The van der Waals surface area contributed by atoms with Crippen LogP contribution >= 0.6 is 0 Å². The molecule has 1 aromatic heterocycles. The minimum absolute atomic E-state index is 0.488. The molecule has 1 aromatic rings. The van der Waals surface area contributed by atoms with Crippen molar-refractivity contribution in [1.29, 1.82) is 0 Å². The summed E-state index contributed by atoms with van der Waals surface area (Å²) in [5.41, 5.74) is 2.25. The van der Waals surface area contributed by atoms with E-state index in [1.165, 1.54) is 18.4 Å². The lowest BCUT2D eigenvalue weighted by Crippen LogP contribution is -2.22. The molecular formula is C16H28N2O. The van der Waals surface area contributed by atoms with Gasteiger partial charge in [-0.05, 0) is 30.9 Å². The van der Waals surface area contributed by atoms with Gasteiger partial charge in [0.2, 0.25) is 5.88 Å². The Bertz CT molecular complexity index is 377. The van der Waals surface area contributed by atoms with Crippen molar-refractivity contribution in [3.63, 3.8) is 0 Å². The summed E-state index contributed by atoms with van der Waals surface area (Å²) in [5.74, 6) is 1.34. The highest BCUT2D eigenvalue weighted by Crippen LogP contribution is 2.14. The quantitative estimate of drug-likeness (QED) is 0.777. The topological polar surface area (TPSA) is 34.1 Å². The van der Waals surface area contributed by atoms with Gasteiger partial charge in [-0.25, -0.2) is 4.98 Å². The van der Waals surface area contributed by atoms with Gasteiger partial charge in [0.15, 0.2) is 0 Å². The predicted molar refractivity (Wildman–Crippen MR) is 80.5 cm³/mol. The van der Waals surface area contributed by atoms with Crippen molar-refractivity contribution in [2.45, 2.75) is 60.0 Å². The van der Waals surface area contributed by atoms with E-state index in [0.29, 0.717) is 12.0 Å². The molecule has 0 aliphatic heterocycles. The van der Waals surface area contributed by atoms with Crippen LogP contribution in [0.4, 0.5) is 0 Å². The fraction of sp³-hybridized carbons (Fsp3) is 0.688. The zero-order chi connectivity index (χ0) is 14.3. The second-order valence-corrected chi connectivity index (χ2v) is 5.70. The third-order valence-electron chi connectivity index (χ3n) is 3.00. The Kier molecular flexibility index (Phi) is 6.85. The van der Waals surface area contributed by atoms with E-state index in [4.69, 9.17) is 4.74 Å². The van der Waals surface area contributed by atoms with Crippen LogP contribution in [0.15, 0.2) is 12.1 Å². The zero-order valence-electron chi connectivity index (χ0n) is 13.0. The van der Waals surface area contributed by atoms with Gasteiger partial charge in [-0.15, -0.1) is 0 Å². The Balaban J connectivity index is 2.58. The van der Waals surface area contributed by atoms with Gasteiger partial charge in [0.1, 0.15) is 0 Å². The van der Waals surface area contributed by atoms with Gasteiger partial charge >= 0.3 is 0 Å². The lowest BCUT2D eigenvalue weighted by atomic mass is 10.1. The maximum atomic E-state index is 5.81. The predicted octanol–water partition coefficient (Wildman–Crippen LogP) is 3.70. The summed E-state index contributed by atoms with van der Waals surface area (Å²) in [6, 6.07) is 4.64. The average Bonchev–Trinajstić information content (AvgIpc) is 2.34. The second kappa shape index (κ2) is 8.16. The molecule has 0 aliphatic rings. The van der Waals surface area contributed by atoms with Crippen LogP contribution in [-0.4, -0.2) is 17.6 Å². The molecule has 19 heavy (non-hydrogen) atoms. The average molecular weight is 264 g/mol. The van der Waals surface area contributed by atoms with Crippen LogP contribution in [0.5, 0.6) is 5.88 Å². The smallest absolute Gasteiger partial charge is 0.213 e. The van der Waals surface area contributed by atoms with Crippen molar-refractivity contribution in [1.82, 2.24) is 10.3 Å². The summed E-state index contributed by atoms with van der Waals surface area (Å²) in [6.07, 6.45) is 2.41. The lowest BCUT2D eigenvalue weighted by Gasteiger charge is -2.13. The van der Waals surface area contributed by atoms with E-state index in [2.05, 4.69) is 44.1 Å². The number of nitrogens with one attached hydrogen (secondary N) is 1. The van der Waals surface area contributed by atoms with Crippen LogP contribution in [0.1, 0.15) is 51.8 Å². The van der Waals surface area contributed by atoms with E-state index < -0.39 is 0 Å². The molecule has 0 spiro atoms. The molecule has 1 rings (SSSR count). The molecule has 3 nitrogen and oxygen atoms in total. The highest BCUT2D eigenvalue weighted by molar-refractivity contribution is 5.24. The third-order valence-corrected chi connectivity index (χ3v) is 3.00. The van der Waals surface area contributed by atoms with Gasteiger partial charge in [-0.1, -0.05) is 34.1 Å². The molecule has 0 saturated carbocycles. The number of aryl methyl sites for hydroxylation is 1. The molecule has 108 valence electrons. The van der Waals surface area contributed by atoms with E-state index >= 15 is 0 Å². The molecular weight excluding hydrogens is 236 g/mol. The van der Waals surface area contributed by atoms with E-state index in [0.717, 1.165) is 24.7 Å². The van der Waals surface area contributed by atoms with Gasteiger partial charge in [-0.2, -0.15) is 0 Å². The zero-order valence-corrected chi connectivity index (χ0v) is 13.0. The summed E-state index contributed by atoms with van der Waals surface area (Å²) in [6.45, 7) is 12.4. The molecule has 1 atom stereocenters. The maximum absolute atomic E-state index is 5.81. The standard InChI is InChI=1S/C16H28N2O/c1-6-7-13(4)11-19-16-9-15(8-14(5)18-16)10-17-12(2)3/h8-9,12-13,17H,6-7,10-11H2,1-5H3. The molecule has 0 fully saturated rings. The van der Waals surface area contributed by atoms with Gasteiger partial charge in [-0.3, -0.25) is 0 Å². The highest BCUT2D eigenvalue weighted by atomic mass is 16.5. The monoisotopic (exact) mass is 264 g/mol. The molecule has 1 N–H and O–H groups in total. The van der Waals surface area contributed by atoms with Crippen molar-refractivity contribution in [3.8, 4) is 5.88 Å². The fourth-order valence-corrected chi connectivity index (χ4v) is 2.01. The van der Waals surface area contributed by atoms with Crippen LogP contribution in [0.25, 0.3) is 0 Å².